The molecule has 3 rings (SSSR count). The Morgan fingerprint density at radius 2 is 1.54 bits per heavy atom. The zero-order valence-corrected chi connectivity index (χ0v) is 15.5. The van der Waals surface area contributed by atoms with E-state index in [1.807, 2.05) is 60.7 Å². The monoisotopic (exact) mass is 406 g/mol. The average molecular weight is 407 g/mol. The second-order valence-corrected chi connectivity index (χ2v) is 6.66. The Labute approximate surface area is 160 Å². The van der Waals surface area contributed by atoms with Crippen LogP contribution in [-0.4, -0.2) is 11.8 Å². The number of nitriles is 1. The molecule has 0 N–H and O–H groups in total. The van der Waals surface area contributed by atoms with Crippen molar-refractivity contribution in [2.24, 2.45) is 4.99 Å². The molecule has 4 heteroatoms. The maximum absolute atomic E-state index is 13.8. The first kappa shape index (κ1) is 18.0. The molecule has 0 saturated carbocycles. The molecule has 0 aliphatic rings. The van der Waals surface area contributed by atoms with Gasteiger partial charge in [0, 0.05) is 17.5 Å². The van der Waals surface area contributed by atoms with Gasteiger partial charge in [-0.25, -0.2) is 4.39 Å². The SMILES string of the molecule is N#CC(Cc1ccc(Br)c(F)c1)N=C(c1ccccc1)c1ccccc1. The van der Waals surface area contributed by atoms with Gasteiger partial charge in [-0.3, -0.25) is 4.99 Å². The molecular weight excluding hydrogens is 391 g/mol. The quantitative estimate of drug-likeness (QED) is 0.510. The van der Waals surface area contributed by atoms with Crippen molar-refractivity contribution in [2.45, 2.75) is 12.5 Å². The highest BCUT2D eigenvalue weighted by atomic mass is 79.9. The third-order valence-corrected chi connectivity index (χ3v) is 4.58. The summed E-state index contributed by atoms with van der Waals surface area (Å²) in [5.74, 6) is -0.338. The zero-order valence-electron chi connectivity index (χ0n) is 13.9. The second-order valence-electron chi connectivity index (χ2n) is 5.81. The van der Waals surface area contributed by atoms with Crippen molar-refractivity contribution in [1.29, 1.82) is 5.26 Å². The van der Waals surface area contributed by atoms with E-state index in [-0.39, 0.29) is 5.82 Å². The molecule has 0 radical (unpaired) electrons. The summed E-state index contributed by atoms with van der Waals surface area (Å²) < 4.78 is 14.2. The smallest absolute Gasteiger partial charge is 0.141 e. The van der Waals surface area contributed by atoms with Crippen molar-refractivity contribution in [3.8, 4) is 6.07 Å². The zero-order chi connectivity index (χ0) is 18.4. The van der Waals surface area contributed by atoms with E-state index in [0.29, 0.717) is 10.9 Å². The van der Waals surface area contributed by atoms with Crippen molar-refractivity contribution < 1.29 is 4.39 Å². The first-order valence-electron chi connectivity index (χ1n) is 8.19. The summed E-state index contributed by atoms with van der Waals surface area (Å²) in [4.78, 5) is 4.70. The predicted octanol–water partition coefficient (Wildman–Crippen LogP) is 5.56. The summed E-state index contributed by atoms with van der Waals surface area (Å²) in [5, 5.41) is 9.59. The van der Waals surface area contributed by atoms with Gasteiger partial charge in [0.25, 0.3) is 0 Å². The summed E-state index contributed by atoms with van der Waals surface area (Å²) >= 11 is 3.15. The molecule has 0 bridgehead atoms. The van der Waals surface area contributed by atoms with Gasteiger partial charge in [-0.1, -0.05) is 66.7 Å². The summed E-state index contributed by atoms with van der Waals surface area (Å²) in [7, 11) is 0. The van der Waals surface area contributed by atoms with E-state index in [9.17, 15) is 9.65 Å². The molecule has 0 spiro atoms. The van der Waals surface area contributed by atoms with E-state index in [0.717, 1.165) is 22.4 Å². The Kier molecular flexibility index (Phi) is 5.93. The second kappa shape index (κ2) is 8.55. The predicted molar refractivity (Wildman–Crippen MR) is 106 cm³/mol. The third kappa shape index (κ3) is 4.44. The van der Waals surface area contributed by atoms with Gasteiger partial charge in [0.05, 0.1) is 16.3 Å². The molecular formula is C22H16BrFN2. The van der Waals surface area contributed by atoms with E-state index >= 15 is 0 Å². The molecule has 0 aromatic heterocycles. The number of halogens is 2. The molecule has 128 valence electrons. The molecule has 1 unspecified atom stereocenters. The lowest BCUT2D eigenvalue weighted by atomic mass is 10.0. The molecule has 0 heterocycles. The van der Waals surface area contributed by atoms with Gasteiger partial charge in [-0.15, -0.1) is 0 Å². The van der Waals surface area contributed by atoms with Crippen LogP contribution in [0.25, 0.3) is 0 Å². The van der Waals surface area contributed by atoms with Crippen molar-refractivity contribution in [2.75, 3.05) is 0 Å². The Balaban J connectivity index is 1.97. The first-order chi connectivity index (χ1) is 12.7. The summed E-state index contributed by atoms with van der Waals surface area (Å²) in [6.45, 7) is 0. The minimum Gasteiger partial charge on any atom is -0.265 e. The molecule has 0 saturated heterocycles. The van der Waals surface area contributed by atoms with Crippen LogP contribution < -0.4 is 0 Å². The van der Waals surface area contributed by atoms with Crippen LogP contribution in [0.4, 0.5) is 4.39 Å². The standard InChI is InChI=1S/C22H16BrFN2/c23-20-12-11-16(14-21(20)24)13-19(15-25)26-22(17-7-3-1-4-8-17)18-9-5-2-6-10-18/h1-12,14,19H,13H2. The molecule has 2 nitrogen and oxygen atoms in total. The van der Waals surface area contributed by atoms with Crippen molar-refractivity contribution in [3.05, 3.63) is 106 Å². The Hall–Kier alpha value is -2.77. The maximum atomic E-state index is 13.8. The van der Waals surface area contributed by atoms with E-state index in [1.54, 1.807) is 12.1 Å². The van der Waals surface area contributed by atoms with Crippen LogP contribution in [0.3, 0.4) is 0 Å². The van der Waals surface area contributed by atoms with E-state index in [4.69, 9.17) is 4.99 Å². The number of rotatable bonds is 5. The van der Waals surface area contributed by atoms with E-state index < -0.39 is 6.04 Å². The van der Waals surface area contributed by atoms with Gasteiger partial charge in [0.15, 0.2) is 0 Å². The molecule has 0 fully saturated rings. The Bertz CT molecular complexity index is 905. The van der Waals surface area contributed by atoms with E-state index in [2.05, 4.69) is 22.0 Å². The average Bonchev–Trinajstić information content (AvgIpc) is 2.69. The number of aliphatic imine (C=N–C) groups is 1. The van der Waals surface area contributed by atoms with Crippen molar-refractivity contribution >= 4 is 21.6 Å². The summed E-state index contributed by atoms with van der Waals surface area (Å²) in [5.41, 5.74) is 3.39. The highest BCUT2D eigenvalue weighted by Crippen LogP contribution is 2.19. The molecule has 1 atom stereocenters. The fraction of sp³-hybridized carbons (Fsp3) is 0.0909. The van der Waals surface area contributed by atoms with Crippen LogP contribution in [0.2, 0.25) is 0 Å². The molecule has 26 heavy (non-hydrogen) atoms. The normalized spacial score (nSPS) is 11.4. The molecule has 3 aromatic carbocycles. The highest BCUT2D eigenvalue weighted by Gasteiger charge is 2.13. The minimum absolute atomic E-state index is 0.338. The third-order valence-electron chi connectivity index (χ3n) is 3.94. The number of hydrogen-bond acceptors (Lipinski definition) is 2. The van der Waals surface area contributed by atoms with Gasteiger partial charge in [-0.05, 0) is 33.6 Å². The van der Waals surface area contributed by atoms with Crippen molar-refractivity contribution in [3.63, 3.8) is 0 Å². The number of nitrogens with zero attached hydrogens (tertiary/aromatic N) is 2. The summed E-state index contributed by atoms with van der Waals surface area (Å²) in [6.07, 6.45) is 0.351. The van der Waals surface area contributed by atoms with Gasteiger partial charge in [-0.2, -0.15) is 5.26 Å². The fourth-order valence-electron chi connectivity index (χ4n) is 2.67. The molecule has 0 aliphatic carbocycles. The Morgan fingerprint density at radius 3 is 2.04 bits per heavy atom. The van der Waals surface area contributed by atoms with Gasteiger partial charge in [0.2, 0.25) is 0 Å². The van der Waals surface area contributed by atoms with Crippen LogP contribution in [0, 0.1) is 17.1 Å². The van der Waals surface area contributed by atoms with Crippen LogP contribution in [0.5, 0.6) is 0 Å². The molecule has 0 aliphatic heterocycles. The summed E-state index contributed by atoms with van der Waals surface area (Å²) in [6, 6.07) is 26.1. The minimum atomic E-state index is -0.606. The van der Waals surface area contributed by atoms with Crippen molar-refractivity contribution in [1.82, 2.24) is 0 Å². The van der Waals surface area contributed by atoms with Gasteiger partial charge in [0.1, 0.15) is 11.9 Å². The Morgan fingerprint density at radius 1 is 0.962 bits per heavy atom. The highest BCUT2D eigenvalue weighted by molar-refractivity contribution is 9.10. The maximum Gasteiger partial charge on any atom is 0.141 e. The van der Waals surface area contributed by atoms with Crippen LogP contribution in [0.1, 0.15) is 16.7 Å². The topological polar surface area (TPSA) is 36.1 Å². The van der Waals surface area contributed by atoms with Gasteiger partial charge >= 0.3 is 0 Å². The molecule has 0 amide bonds. The number of hydrogen-bond donors (Lipinski definition) is 0. The van der Waals surface area contributed by atoms with E-state index in [1.165, 1.54) is 6.07 Å². The number of benzene rings is 3. The fourth-order valence-corrected chi connectivity index (χ4v) is 2.92. The lowest BCUT2D eigenvalue weighted by Gasteiger charge is -2.11. The molecule has 3 aromatic rings. The lowest BCUT2D eigenvalue weighted by Crippen LogP contribution is -2.12. The van der Waals surface area contributed by atoms with Crippen LogP contribution in [-0.2, 0) is 6.42 Å². The van der Waals surface area contributed by atoms with Crippen LogP contribution in [0.15, 0.2) is 88.3 Å². The lowest BCUT2D eigenvalue weighted by molar-refractivity contribution is 0.617. The van der Waals surface area contributed by atoms with Gasteiger partial charge < -0.3 is 0 Å². The van der Waals surface area contributed by atoms with Crippen LogP contribution >= 0.6 is 15.9 Å². The largest absolute Gasteiger partial charge is 0.265 e. The first-order valence-corrected chi connectivity index (χ1v) is 8.99.